The normalized spacial score (nSPS) is 23.5. The molecule has 1 unspecified atom stereocenters. The summed E-state index contributed by atoms with van der Waals surface area (Å²) >= 11 is 6.06. The van der Waals surface area contributed by atoms with E-state index in [1.165, 1.54) is 0 Å². The lowest BCUT2D eigenvalue weighted by molar-refractivity contribution is 0.0889. The van der Waals surface area contributed by atoms with Crippen LogP contribution in [0.25, 0.3) is 0 Å². The molecule has 0 aromatic heterocycles. The largest absolute Gasteiger partial charge is 0.375 e. The smallest absolute Gasteiger partial charge is 0.192 e. The van der Waals surface area contributed by atoms with Crippen LogP contribution in [-0.2, 0) is 4.74 Å². The zero-order valence-electron chi connectivity index (χ0n) is 8.90. The molecule has 86 valence electrons. The van der Waals surface area contributed by atoms with E-state index in [-0.39, 0.29) is 24.8 Å². The van der Waals surface area contributed by atoms with E-state index in [2.05, 4.69) is 0 Å². The van der Waals surface area contributed by atoms with E-state index >= 15 is 0 Å². The molecule has 0 N–H and O–H groups in total. The topological polar surface area (TPSA) is 43.4 Å². The van der Waals surface area contributed by atoms with Crippen LogP contribution in [0.3, 0.4) is 0 Å². The average molecular weight is 249 g/mol. The van der Waals surface area contributed by atoms with Crippen molar-refractivity contribution in [2.75, 3.05) is 13.2 Å². The highest BCUT2D eigenvalue weighted by Crippen LogP contribution is 2.32. The van der Waals surface area contributed by atoms with Gasteiger partial charge in [0.1, 0.15) is 0 Å². The minimum atomic E-state index is -0.524. The highest BCUT2D eigenvalue weighted by Gasteiger charge is 2.37. The van der Waals surface area contributed by atoms with Gasteiger partial charge in [0.15, 0.2) is 11.6 Å². The standard InChI is InChI=1S/C13H9ClO3/c14-10-6-17-5-9-11(10)13(16)8-4-2-1-3-7(8)12(9)15/h1-4,10H,5-6H2. The number of benzene rings is 1. The third-order valence-electron chi connectivity index (χ3n) is 3.08. The quantitative estimate of drug-likeness (QED) is 0.660. The summed E-state index contributed by atoms with van der Waals surface area (Å²) in [4.78, 5) is 24.5. The first-order valence-electron chi connectivity index (χ1n) is 5.33. The molecule has 2 aliphatic rings. The molecule has 0 radical (unpaired) electrons. The Morgan fingerprint density at radius 1 is 1.12 bits per heavy atom. The van der Waals surface area contributed by atoms with Crippen molar-refractivity contribution in [2.45, 2.75) is 5.38 Å². The lowest BCUT2D eigenvalue weighted by Gasteiger charge is -2.27. The Bertz CT molecular complexity index is 560. The zero-order valence-corrected chi connectivity index (χ0v) is 9.66. The van der Waals surface area contributed by atoms with Crippen molar-refractivity contribution in [1.29, 1.82) is 0 Å². The van der Waals surface area contributed by atoms with Gasteiger partial charge in [-0.15, -0.1) is 11.6 Å². The molecule has 17 heavy (non-hydrogen) atoms. The van der Waals surface area contributed by atoms with Gasteiger partial charge in [-0.05, 0) is 0 Å². The Kier molecular flexibility index (Phi) is 2.38. The number of alkyl halides is 1. The molecular formula is C13H9ClO3. The van der Waals surface area contributed by atoms with Gasteiger partial charge >= 0.3 is 0 Å². The molecule has 1 aliphatic heterocycles. The van der Waals surface area contributed by atoms with Gasteiger partial charge in [0, 0.05) is 22.3 Å². The highest BCUT2D eigenvalue weighted by atomic mass is 35.5. The van der Waals surface area contributed by atoms with Crippen molar-refractivity contribution in [2.24, 2.45) is 0 Å². The number of carbonyl (C=O) groups is 2. The van der Waals surface area contributed by atoms with Crippen molar-refractivity contribution in [3.63, 3.8) is 0 Å². The van der Waals surface area contributed by atoms with Gasteiger partial charge in [0.2, 0.25) is 0 Å². The zero-order chi connectivity index (χ0) is 12.0. The molecule has 0 fully saturated rings. The molecule has 0 saturated carbocycles. The molecule has 0 saturated heterocycles. The van der Waals surface area contributed by atoms with Crippen molar-refractivity contribution in [3.05, 3.63) is 46.5 Å². The summed E-state index contributed by atoms with van der Waals surface area (Å²) in [5.41, 5.74) is 1.73. The minimum absolute atomic E-state index is 0.138. The van der Waals surface area contributed by atoms with Crippen LogP contribution in [0.15, 0.2) is 35.4 Å². The molecule has 0 amide bonds. The lowest BCUT2D eigenvalue weighted by Crippen LogP contribution is -2.34. The number of hydrogen-bond acceptors (Lipinski definition) is 3. The first-order chi connectivity index (χ1) is 8.20. The number of hydrogen-bond donors (Lipinski definition) is 0. The third kappa shape index (κ3) is 1.47. The molecule has 1 aromatic rings. The number of fused-ring (bicyclic) bond motifs is 1. The van der Waals surface area contributed by atoms with E-state index in [0.29, 0.717) is 22.3 Å². The monoisotopic (exact) mass is 248 g/mol. The molecule has 1 atom stereocenters. The second-order valence-electron chi connectivity index (χ2n) is 4.08. The highest BCUT2D eigenvalue weighted by molar-refractivity contribution is 6.34. The predicted molar refractivity (Wildman–Crippen MR) is 62.6 cm³/mol. The molecule has 0 bridgehead atoms. The first-order valence-corrected chi connectivity index (χ1v) is 5.77. The summed E-state index contributed by atoms with van der Waals surface area (Å²) in [6.45, 7) is 0.457. The van der Waals surface area contributed by atoms with Crippen LogP contribution in [0.1, 0.15) is 20.7 Å². The Morgan fingerprint density at radius 3 is 2.47 bits per heavy atom. The van der Waals surface area contributed by atoms with Gasteiger partial charge < -0.3 is 4.74 Å². The Morgan fingerprint density at radius 2 is 1.76 bits per heavy atom. The van der Waals surface area contributed by atoms with Crippen molar-refractivity contribution in [1.82, 2.24) is 0 Å². The van der Waals surface area contributed by atoms with Crippen LogP contribution < -0.4 is 0 Å². The second-order valence-corrected chi connectivity index (χ2v) is 4.61. The van der Waals surface area contributed by atoms with Crippen molar-refractivity contribution < 1.29 is 14.3 Å². The number of halogens is 1. The summed E-state index contributed by atoms with van der Waals surface area (Å²) in [6, 6.07) is 6.82. The number of Topliss-reactive ketones (excluding diaryl/α,β-unsaturated/α-hetero) is 2. The van der Waals surface area contributed by atoms with Gasteiger partial charge in [-0.25, -0.2) is 0 Å². The van der Waals surface area contributed by atoms with Crippen LogP contribution in [0, 0.1) is 0 Å². The molecule has 0 spiro atoms. The number of ketones is 2. The Balaban J connectivity index is 2.23. The number of rotatable bonds is 0. The fourth-order valence-electron chi connectivity index (χ4n) is 2.27. The van der Waals surface area contributed by atoms with Gasteiger partial charge in [0.25, 0.3) is 0 Å². The van der Waals surface area contributed by atoms with Gasteiger partial charge in [-0.1, -0.05) is 24.3 Å². The Hall–Kier alpha value is -1.45. The molecule has 3 nitrogen and oxygen atoms in total. The maximum Gasteiger partial charge on any atom is 0.192 e. The Labute approximate surface area is 103 Å². The summed E-state index contributed by atoms with van der Waals surface area (Å²) in [6.07, 6.45) is 0. The molecular weight excluding hydrogens is 240 g/mol. The van der Waals surface area contributed by atoms with Crippen LogP contribution in [-0.4, -0.2) is 30.2 Å². The lowest BCUT2D eigenvalue weighted by atomic mass is 9.82. The van der Waals surface area contributed by atoms with E-state index in [9.17, 15) is 9.59 Å². The number of ether oxygens (including phenoxy) is 1. The molecule has 1 heterocycles. The fraction of sp³-hybridized carbons (Fsp3) is 0.231. The first kappa shape index (κ1) is 10.7. The number of carbonyl (C=O) groups excluding carboxylic acids is 2. The van der Waals surface area contributed by atoms with E-state index in [4.69, 9.17) is 16.3 Å². The summed E-state index contributed by atoms with van der Waals surface area (Å²) in [5.74, 6) is -0.279. The molecule has 1 aliphatic carbocycles. The SMILES string of the molecule is O=C1C2=C(C(=O)c3ccccc31)C(Cl)COC2. The fourth-order valence-corrected chi connectivity index (χ4v) is 2.59. The van der Waals surface area contributed by atoms with Crippen LogP contribution in [0.2, 0.25) is 0 Å². The van der Waals surface area contributed by atoms with Crippen LogP contribution in [0.5, 0.6) is 0 Å². The van der Waals surface area contributed by atoms with Gasteiger partial charge in [-0.2, -0.15) is 0 Å². The predicted octanol–water partition coefficient (Wildman–Crippen LogP) is 2.00. The van der Waals surface area contributed by atoms with Crippen LogP contribution in [0.4, 0.5) is 0 Å². The maximum atomic E-state index is 12.3. The second kappa shape index (κ2) is 3.79. The van der Waals surface area contributed by atoms with Crippen molar-refractivity contribution >= 4 is 23.2 Å². The van der Waals surface area contributed by atoms with Gasteiger partial charge in [0.05, 0.1) is 18.6 Å². The molecule has 4 heteroatoms. The summed E-state index contributed by atoms with van der Waals surface area (Å²) in [5, 5.41) is -0.524. The summed E-state index contributed by atoms with van der Waals surface area (Å²) in [7, 11) is 0. The van der Waals surface area contributed by atoms with Gasteiger partial charge in [-0.3, -0.25) is 9.59 Å². The van der Waals surface area contributed by atoms with E-state index in [1.54, 1.807) is 24.3 Å². The average Bonchev–Trinajstić information content (AvgIpc) is 2.36. The maximum absolute atomic E-state index is 12.3. The van der Waals surface area contributed by atoms with Crippen molar-refractivity contribution in [3.8, 4) is 0 Å². The van der Waals surface area contributed by atoms with Crippen LogP contribution >= 0.6 is 11.6 Å². The molecule has 1 aromatic carbocycles. The van der Waals surface area contributed by atoms with E-state index < -0.39 is 5.38 Å². The van der Waals surface area contributed by atoms with E-state index in [0.717, 1.165) is 0 Å². The summed E-state index contributed by atoms with van der Waals surface area (Å²) < 4.78 is 5.22. The van der Waals surface area contributed by atoms with E-state index in [1.807, 2.05) is 0 Å². The third-order valence-corrected chi connectivity index (χ3v) is 3.43. The molecule has 3 rings (SSSR count). The minimum Gasteiger partial charge on any atom is -0.375 e.